The summed E-state index contributed by atoms with van der Waals surface area (Å²) in [7, 11) is 0. The van der Waals surface area contributed by atoms with Crippen LogP contribution >= 0.6 is 11.3 Å². The number of thiophene rings is 1. The standard InChI is InChI=1S/C21H29N3O5S/c1-4-14-13(3)16(18(26)29-5-2)17(30-14)22-15(25)12-24-19(27)21(23-20(24)28)10-8-6-7-9-11-21/h4-12H2,1-3H3,(H,22,25)(H,23,28). The van der Waals surface area contributed by atoms with Crippen LogP contribution in [0.4, 0.5) is 9.80 Å². The molecule has 4 amide bonds. The third-order valence-corrected chi connectivity index (χ3v) is 7.16. The molecule has 1 saturated heterocycles. The Hall–Kier alpha value is -2.42. The molecule has 9 heteroatoms. The van der Waals surface area contributed by atoms with E-state index in [4.69, 9.17) is 4.74 Å². The van der Waals surface area contributed by atoms with Gasteiger partial charge in [-0.2, -0.15) is 0 Å². The van der Waals surface area contributed by atoms with Gasteiger partial charge in [-0.15, -0.1) is 11.3 Å². The molecule has 0 unspecified atom stereocenters. The van der Waals surface area contributed by atoms with E-state index in [1.807, 2.05) is 13.8 Å². The fraction of sp³-hybridized carbons (Fsp3) is 0.619. The fourth-order valence-corrected chi connectivity index (χ4v) is 5.38. The maximum Gasteiger partial charge on any atom is 0.341 e. The molecule has 0 atom stereocenters. The Balaban J connectivity index is 1.75. The SMILES string of the molecule is CCOC(=O)c1c(NC(=O)CN2C(=O)NC3(CCCCCC3)C2=O)sc(CC)c1C. The molecule has 1 aliphatic carbocycles. The summed E-state index contributed by atoms with van der Waals surface area (Å²) < 4.78 is 5.13. The zero-order valence-electron chi connectivity index (χ0n) is 17.8. The summed E-state index contributed by atoms with van der Waals surface area (Å²) in [4.78, 5) is 52.5. The van der Waals surface area contributed by atoms with Crippen molar-refractivity contribution in [3.63, 3.8) is 0 Å². The summed E-state index contributed by atoms with van der Waals surface area (Å²) in [5.74, 6) is -1.33. The fourth-order valence-electron chi connectivity index (χ4n) is 4.24. The van der Waals surface area contributed by atoms with Crippen molar-refractivity contribution in [2.75, 3.05) is 18.5 Å². The Bertz CT molecular complexity index is 855. The number of aryl methyl sites for hydroxylation is 1. The minimum Gasteiger partial charge on any atom is -0.462 e. The molecular formula is C21H29N3O5S. The average molecular weight is 436 g/mol. The summed E-state index contributed by atoms with van der Waals surface area (Å²) in [5.41, 5.74) is 0.243. The minimum absolute atomic E-state index is 0.230. The summed E-state index contributed by atoms with van der Waals surface area (Å²) >= 11 is 1.32. The molecule has 0 aromatic carbocycles. The van der Waals surface area contributed by atoms with Crippen LogP contribution in [0.25, 0.3) is 0 Å². The largest absolute Gasteiger partial charge is 0.462 e. The molecule has 164 valence electrons. The molecule has 2 fully saturated rings. The predicted octanol–water partition coefficient (Wildman–Crippen LogP) is 3.38. The van der Waals surface area contributed by atoms with Crippen molar-refractivity contribution < 1.29 is 23.9 Å². The van der Waals surface area contributed by atoms with Crippen LogP contribution in [0.3, 0.4) is 0 Å². The molecule has 2 aliphatic rings. The van der Waals surface area contributed by atoms with E-state index >= 15 is 0 Å². The third-order valence-electron chi connectivity index (χ3n) is 5.80. The number of nitrogens with one attached hydrogen (secondary N) is 2. The summed E-state index contributed by atoms with van der Waals surface area (Å²) in [5, 5.41) is 5.95. The van der Waals surface area contributed by atoms with E-state index < -0.39 is 23.4 Å². The van der Waals surface area contributed by atoms with Crippen LogP contribution in [0.15, 0.2) is 0 Å². The minimum atomic E-state index is -0.876. The number of anilines is 1. The van der Waals surface area contributed by atoms with Gasteiger partial charge in [0.2, 0.25) is 5.91 Å². The zero-order chi connectivity index (χ0) is 21.9. The number of carbonyl (C=O) groups excluding carboxylic acids is 4. The van der Waals surface area contributed by atoms with E-state index in [-0.39, 0.29) is 19.1 Å². The second-order valence-electron chi connectivity index (χ2n) is 7.79. The van der Waals surface area contributed by atoms with Crippen LogP contribution in [0.1, 0.15) is 73.2 Å². The van der Waals surface area contributed by atoms with E-state index in [0.29, 0.717) is 29.8 Å². The Morgan fingerprint density at radius 2 is 1.83 bits per heavy atom. The maximum atomic E-state index is 13.0. The molecule has 0 radical (unpaired) electrons. The molecule has 1 aliphatic heterocycles. The molecule has 0 bridgehead atoms. The lowest BCUT2D eigenvalue weighted by molar-refractivity contribution is -0.134. The van der Waals surface area contributed by atoms with Gasteiger partial charge in [-0.3, -0.25) is 14.5 Å². The van der Waals surface area contributed by atoms with E-state index in [2.05, 4.69) is 10.6 Å². The summed E-state index contributed by atoms with van der Waals surface area (Å²) in [6.07, 6.45) is 5.76. The van der Waals surface area contributed by atoms with Gasteiger partial charge in [-0.25, -0.2) is 9.59 Å². The predicted molar refractivity (Wildman–Crippen MR) is 114 cm³/mol. The molecule has 2 N–H and O–H groups in total. The van der Waals surface area contributed by atoms with Crippen molar-refractivity contribution in [2.24, 2.45) is 0 Å². The van der Waals surface area contributed by atoms with Crippen LogP contribution in [0.2, 0.25) is 0 Å². The normalized spacial score (nSPS) is 18.3. The first-order valence-corrected chi connectivity index (χ1v) is 11.4. The number of hydrogen-bond acceptors (Lipinski definition) is 6. The maximum absolute atomic E-state index is 13.0. The number of hydrogen-bond donors (Lipinski definition) is 2. The quantitative estimate of drug-likeness (QED) is 0.526. The number of rotatable bonds is 6. The number of ether oxygens (including phenoxy) is 1. The lowest BCUT2D eigenvalue weighted by Gasteiger charge is -2.24. The van der Waals surface area contributed by atoms with Crippen molar-refractivity contribution >= 4 is 40.2 Å². The highest BCUT2D eigenvalue weighted by Gasteiger charge is 2.51. The topological polar surface area (TPSA) is 105 Å². The smallest absolute Gasteiger partial charge is 0.341 e. The summed E-state index contributed by atoms with van der Waals surface area (Å²) in [6, 6.07) is -0.528. The number of amides is 4. The van der Waals surface area contributed by atoms with Crippen molar-refractivity contribution in [3.05, 3.63) is 16.0 Å². The second kappa shape index (κ2) is 9.16. The van der Waals surface area contributed by atoms with Crippen LogP contribution in [0, 0.1) is 6.92 Å². The highest BCUT2D eigenvalue weighted by atomic mass is 32.1. The molecule has 3 rings (SSSR count). The summed E-state index contributed by atoms with van der Waals surface area (Å²) in [6.45, 7) is 5.36. The van der Waals surface area contributed by atoms with E-state index in [1.165, 1.54) is 11.3 Å². The lowest BCUT2D eigenvalue weighted by atomic mass is 9.90. The Kier molecular flexibility index (Phi) is 6.80. The van der Waals surface area contributed by atoms with Crippen molar-refractivity contribution in [1.82, 2.24) is 10.2 Å². The van der Waals surface area contributed by atoms with Crippen molar-refractivity contribution in [1.29, 1.82) is 0 Å². The molecule has 1 aromatic rings. The Labute approximate surface area is 180 Å². The molecule has 8 nitrogen and oxygen atoms in total. The van der Waals surface area contributed by atoms with Gasteiger partial charge in [0, 0.05) is 4.88 Å². The number of carbonyl (C=O) groups is 4. The first-order chi connectivity index (χ1) is 14.3. The second-order valence-corrected chi connectivity index (χ2v) is 8.90. The molecule has 30 heavy (non-hydrogen) atoms. The Morgan fingerprint density at radius 3 is 2.43 bits per heavy atom. The number of nitrogens with zero attached hydrogens (tertiary/aromatic N) is 1. The van der Waals surface area contributed by atoms with Crippen LogP contribution < -0.4 is 10.6 Å². The van der Waals surface area contributed by atoms with Gasteiger partial charge in [-0.1, -0.05) is 32.6 Å². The van der Waals surface area contributed by atoms with Crippen molar-refractivity contribution in [2.45, 2.75) is 71.3 Å². The van der Waals surface area contributed by atoms with Gasteiger partial charge in [-0.05, 0) is 38.7 Å². The van der Waals surface area contributed by atoms with Gasteiger partial charge in [0.25, 0.3) is 5.91 Å². The molecule has 1 saturated carbocycles. The van der Waals surface area contributed by atoms with Crippen molar-refractivity contribution in [3.8, 4) is 0 Å². The van der Waals surface area contributed by atoms with Crippen LogP contribution in [-0.4, -0.2) is 47.4 Å². The van der Waals surface area contributed by atoms with Crippen LogP contribution in [0.5, 0.6) is 0 Å². The lowest BCUT2D eigenvalue weighted by Crippen LogP contribution is -2.47. The molecular weight excluding hydrogens is 406 g/mol. The first-order valence-electron chi connectivity index (χ1n) is 10.6. The number of urea groups is 1. The van der Waals surface area contributed by atoms with Gasteiger partial charge in [0.15, 0.2) is 0 Å². The van der Waals surface area contributed by atoms with E-state index in [9.17, 15) is 19.2 Å². The number of imide groups is 1. The zero-order valence-corrected chi connectivity index (χ0v) is 18.6. The first kappa shape index (κ1) is 22.3. The number of esters is 1. The van der Waals surface area contributed by atoms with E-state index in [1.54, 1.807) is 6.92 Å². The highest BCUT2D eigenvalue weighted by molar-refractivity contribution is 7.17. The monoisotopic (exact) mass is 435 g/mol. The third kappa shape index (κ3) is 4.21. The van der Waals surface area contributed by atoms with E-state index in [0.717, 1.165) is 41.0 Å². The van der Waals surface area contributed by atoms with Gasteiger partial charge < -0.3 is 15.4 Å². The molecule has 1 spiro atoms. The average Bonchev–Trinajstić information content (AvgIpc) is 2.99. The Morgan fingerprint density at radius 1 is 1.17 bits per heavy atom. The molecule has 2 heterocycles. The van der Waals surface area contributed by atoms with Gasteiger partial charge >= 0.3 is 12.0 Å². The van der Waals surface area contributed by atoms with Gasteiger partial charge in [0.05, 0.1) is 12.2 Å². The van der Waals surface area contributed by atoms with Gasteiger partial charge in [0.1, 0.15) is 17.1 Å². The molecule has 1 aromatic heterocycles. The highest BCUT2D eigenvalue weighted by Crippen LogP contribution is 2.35. The van der Waals surface area contributed by atoms with Crippen LogP contribution in [-0.2, 0) is 20.7 Å².